The Balaban J connectivity index is 2.36. The van der Waals surface area contributed by atoms with Crippen LogP contribution in [0, 0.1) is 17.2 Å². The summed E-state index contributed by atoms with van der Waals surface area (Å²) in [5.74, 6) is -0.398. The monoisotopic (exact) mass is 244 g/mol. The third kappa shape index (κ3) is 2.05. The molecule has 0 bridgehead atoms. The summed E-state index contributed by atoms with van der Waals surface area (Å²) in [6, 6.07) is 8.58. The molecule has 18 heavy (non-hydrogen) atoms. The van der Waals surface area contributed by atoms with Crippen LogP contribution in [0.25, 0.3) is 0 Å². The van der Waals surface area contributed by atoms with Gasteiger partial charge in [-0.1, -0.05) is 19.1 Å². The average Bonchev–Trinajstić information content (AvgIpc) is 2.61. The number of rotatable bonds is 3. The second-order valence-corrected chi connectivity index (χ2v) is 4.09. The first-order chi connectivity index (χ1) is 8.65. The molecule has 1 atom stereocenters. The van der Waals surface area contributed by atoms with Gasteiger partial charge < -0.3 is 4.74 Å². The minimum Gasteiger partial charge on any atom is -0.477 e. The first-order valence-electron chi connectivity index (χ1n) is 5.60. The number of carbonyl (C=O) groups excluding carboxylic acids is 2. The standard InChI is InChI=1S/C13H12N2O3/c1-9-8-12(16)15(13(9)17)10-4-2-3-5-11(10)18-7-6-14/h2-5,9H,7-8H2,1H3. The lowest BCUT2D eigenvalue weighted by Gasteiger charge is -2.17. The highest BCUT2D eigenvalue weighted by molar-refractivity contribution is 6.21. The number of benzene rings is 1. The lowest BCUT2D eigenvalue weighted by atomic mass is 10.1. The molecule has 0 aliphatic carbocycles. The number of hydrogen-bond donors (Lipinski definition) is 0. The van der Waals surface area contributed by atoms with Crippen molar-refractivity contribution >= 4 is 17.5 Å². The molecule has 1 aromatic carbocycles. The molecule has 2 rings (SSSR count). The number of nitrogens with zero attached hydrogens (tertiary/aromatic N) is 2. The highest BCUT2D eigenvalue weighted by atomic mass is 16.5. The van der Waals surface area contributed by atoms with Crippen molar-refractivity contribution in [3.05, 3.63) is 24.3 Å². The maximum absolute atomic E-state index is 11.9. The molecule has 1 heterocycles. The van der Waals surface area contributed by atoms with Crippen molar-refractivity contribution in [2.24, 2.45) is 5.92 Å². The predicted octanol–water partition coefficient (Wildman–Crippen LogP) is 1.49. The summed E-state index contributed by atoms with van der Waals surface area (Å²) < 4.78 is 5.22. The summed E-state index contributed by atoms with van der Waals surface area (Å²) in [5.41, 5.74) is 0.409. The molecule has 0 radical (unpaired) electrons. The van der Waals surface area contributed by atoms with Gasteiger partial charge in [0, 0.05) is 12.3 Å². The first-order valence-corrected chi connectivity index (χ1v) is 5.60. The number of nitriles is 1. The molecule has 1 aliphatic heterocycles. The summed E-state index contributed by atoms with van der Waals surface area (Å²) in [5, 5.41) is 8.51. The summed E-state index contributed by atoms with van der Waals surface area (Å²) in [4.78, 5) is 24.9. The van der Waals surface area contributed by atoms with Crippen molar-refractivity contribution in [1.29, 1.82) is 5.26 Å². The minimum absolute atomic E-state index is 0.122. The summed E-state index contributed by atoms with van der Waals surface area (Å²) in [6.45, 7) is 1.60. The van der Waals surface area contributed by atoms with Crippen LogP contribution in [0.15, 0.2) is 24.3 Å². The van der Waals surface area contributed by atoms with E-state index in [0.29, 0.717) is 11.4 Å². The minimum atomic E-state index is -0.304. The third-order valence-corrected chi connectivity index (χ3v) is 2.77. The van der Waals surface area contributed by atoms with Gasteiger partial charge in [-0.3, -0.25) is 9.59 Å². The zero-order valence-corrected chi connectivity index (χ0v) is 9.92. The number of para-hydroxylation sites is 2. The SMILES string of the molecule is CC1CC(=O)N(c2ccccc2OCC#N)C1=O. The van der Waals surface area contributed by atoms with Gasteiger partial charge in [0.2, 0.25) is 11.8 Å². The normalized spacial score (nSPS) is 18.9. The van der Waals surface area contributed by atoms with Gasteiger partial charge in [0.05, 0.1) is 5.69 Å². The van der Waals surface area contributed by atoms with E-state index in [4.69, 9.17) is 10.00 Å². The lowest BCUT2D eigenvalue weighted by molar-refractivity contribution is -0.122. The Bertz CT molecular complexity index is 533. The Morgan fingerprint density at radius 1 is 1.44 bits per heavy atom. The Labute approximate surface area is 105 Å². The number of hydrogen-bond acceptors (Lipinski definition) is 4. The van der Waals surface area contributed by atoms with E-state index in [2.05, 4.69) is 0 Å². The highest BCUT2D eigenvalue weighted by Gasteiger charge is 2.37. The molecule has 1 fully saturated rings. The van der Waals surface area contributed by atoms with E-state index in [9.17, 15) is 9.59 Å². The molecule has 1 unspecified atom stereocenters. The van der Waals surface area contributed by atoms with Crippen LogP contribution in [0.2, 0.25) is 0 Å². The number of amides is 2. The van der Waals surface area contributed by atoms with Crippen LogP contribution in [-0.2, 0) is 9.59 Å². The number of imide groups is 1. The van der Waals surface area contributed by atoms with E-state index in [0.717, 1.165) is 4.90 Å². The second kappa shape index (κ2) is 4.88. The van der Waals surface area contributed by atoms with Crippen molar-refractivity contribution in [3.8, 4) is 11.8 Å². The third-order valence-electron chi connectivity index (χ3n) is 2.77. The smallest absolute Gasteiger partial charge is 0.237 e. The summed E-state index contributed by atoms with van der Waals surface area (Å²) in [6.07, 6.45) is 0.214. The maximum Gasteiger partial charge on any atom is 0.237 e. The topological polar surface area (TPSA) is 70.4 Å². The molecule has 92 valence electrons. The highest BCUT2D eigenvalue weighted by Crippen LogP contribution is 2.33. The number of anilines is 1. The van der Waals surface area contributed by atoms with Crippen molar-refractivity contribution < 1.29 is 14.3 Å². The van der Waals surface area contributed by atoms with Gasteiger partial charge in [0.25, 0.3) is 0 Å². The molecule has 0 saturated carbocycles. The number of ether oxygens (including phenoxy) is 1. The van der Waals surface area contributed by atoms with E-state index >= 15 is 0 Å². The van der Waals surface area contributed by atoms with Crippen LogP contribution in [-0.4, -0.2) is 18.4 Å². The number of carbonyl (C=O) groups is 2. The summed E-state index contributed by atoms with van der Waals surface area (Å²) >= 11 is 0. The molecule has 0 spiro atoms. The van der Waals surface area contributed by atoms with Crippen molar-refractivity contribution in [2.75, 3.05) is 11.5 Å². The van der Waals surface area contributed by atoms with E-state index in [1.54, 1.807) is 31.2 Å². The maximum atomic E-state index is 11.9. The van der Waals surface area contributed by atoms with Gasteiger partial charge in [-0.15, -0.1) is 0 Å². The van der Waals surface area contributed by atoms with Gasteiger partial charge in [0.15, 0.2) is 6.61 Å². The van der Waals surface area contributed by atoms with E-state index in [1.165, 1.54) is 0 Å². The lowest BCUT2D eigenvalue weighted by Crippen LogP contribution is -2.30. The molecular formula is C13H12N2O3. The van der Waals surface area contributed by atoms with E-state index < -0.39 is 0 Å². The van der Waals surface area contributed by atoms with Crippen LogP contribution in [0.3, 0.4) is 0 Å². The quantitative estimate of drug-likeness (QED) is 0.755. The predicted molar refractivity (Wildman–Crippen MR) is 63.8 cm³/mol. The second-order valence-electron chi connectivity index (χ2n) is 4.09. The van der Waals surface area contributed by atoms with Gasteiger partial charge in [-0.25, -0.2) is 4.90 Å². The molecule has 1 aromatic rings. The van der Waals surface area contributed by atoms with Gasteiger partial charge >= 0.3 is 0 Å². The first kappa shape index (κ1) is 12.1. The molecule has 0 aromatic heterocycles. The molecule has 5 nitrogen and oxygen atoms in total. The summed E-state index contributed by atoms with van der Waals surface area (Å²) in [7, 11) is 0. The Hall–Kier alpha value is -2.35. The Kier molecular flexibility index (Phi) is 3.28. The average molecular weight is 244 g/mol. The molecule has 1 saturated heterocycles. The van der Waals surface area contributed by atoms with E-state index in [-0.39, 0.29) is 30.8 Å². The van der Waals surface area contributed by atoms with Crippen LogP contribution in [0.5, 0.6) is 5.75 Å². The van der Waals surface area contributed by atoms with Crippen LogP contribution >= 0.6 is 0 Å². The fraction of sp³-hybridized carbons (Fsp3) is 0.308. The zero-order chi connectivity index (χ0) is 13.1. The zero-order valence-electron chi connectivity index (χ0n) is 9.92. The molecule has 1 aliphatic rings. The molecular weight excluding hydrogens is 232 g/mol. The fourth-order valence-corrected chi connectivity index (χ4v) is 1.91. The van der Waals surface area contributed by atoms with Gasteiger partial charge in [-0.05, 0) is 12.1 Å². The Morgan fingerprint density at radius 3 is 2.78 bits per heavy atom. The van der Waals surface area contributed by atoms with Gasteiger partial charge in [-0.2, -0.15) is 5.26 Å². The molecule has 0 N–H and O–H groups in total. The van der Waals surface area contributed by atoms with Crippen molar-refractivity contribution in [1.82, 2.24) is 0 Å². The van der Waals surface area contributed by atoms with Crippen LogP contribution in [0.1, 0.15) is 13.3 Å². The van der Waals surface area contributed by atoms with Crippen LogP contribution < -0.4 is 9.64 Å². The van der Waals surface area contributed by atoms with Crippen molar-refractivity contribution in [3.63, 3.8) is 0 Å². The fourth-order valence-electron chi connectivity index (χ4n) is 1.91. The van der Waals surface area contributed by atoms with E-state index in [1.807, 2.05) is 6.07 Å². The Morgan fingerprint density at radius 2 is 2.17 bits per heavy atom. The molecule has 2 amide bonds. The van der Waals surface area contributed by atoms with Gasteiger partial charge in [0.1, 0.15) is 11.8 Å². The van der Waals surface area contributed by atoms with Crippen molar-refractivity contribution in [2.45, 2.75) is 13.3 Å². The molecule has 5 heteroatoms. The van der Waals surface area contributed by atoms with Crippen LogP contribution in [0.4, 0.5) is 5.69 Å². The largest absolute Gasteiger partial charge is 0.477 e.